The number of nitrogens with two attached hydrogens (primary N) is 1. The summed E-state index contributed by atoms with van der Waals surface area (Å²) in [7, 11) is -1.27. The molecule has 2 N–H and O–H groups in total. The second kappa shape index (κ2) is 5.74. The van der Waals surface area contributed by atoms with Gasteiger partial charge in [0.1, 0.15) is 0 Å². The zero-order chi connectivity index (χ0) is 8.74. The number of hydrogen-bond donors (Lipinski definition) is 1. The second-order valence-corrected chi connectivity index (χ2v) is 7.97. The molecule has 2 nitrogen and oxygen atoms in total. The summed E-state index contributed by atoms with van der Waals surface area (Å²) >= 11 is 0. The van der Waals surface area contributed by atoms with Crippen LogP contribution in [-0.4, -0.2) is 21.5 Å². The molecule has 11 heavy (non-hydrogen) atoms. The maximum Gasteiger partial charge on any atom is 0.186 e. The molecule has 0 aliphatic rings. The van der Waals surface area contributed by atoms with Crippen LogP contribution in [0.1, 0.15) is 19.8 Å². The van der Waals surface area contributed by atoms with E-state index in [4.69, 9.17) is 10.2 Å². The van der Waals surface area contributed by atoms with Gasteiger partial charge in [0.2, 0.25) is 0 Å². The number of rotatable bonds is 6. The molecule has 0 unspecified atom stereocenters. The van der Waals surface area contributed by atoms with Crippen LogP contribution >= 0.6 is 0 Å². The predicted molar refractivity (Wildman–Crippen MR) is 52.2 cm³/mol. The average molecular weight is 175 g/mol. The van der Waals surface area contributed by atoms with E-state index in [0.717, 1.165) is 26.0 Å². The minimum atomic E-state index is -1.27. The van der Waals surface area contributed by atoms with Gasteiger partial charge in [-0.3, -0.25) is 0 Å². The molecule has 68 valence electrons. The van der Waals surface area contributed by atoms with Crippen LogP contribution in [0.25, 0.3) is 0 Å². The van der Waals surface area contributed by atoms with E-state index in [9.17, 15) is 0 Å². The zero-order valence-corrected chi connectivity index (χ0v) is 9.02. The van der Waals surface area contributed by atoms with Crippen molar-refractivity contribution < 1.29 is 4.43 Å². The lowest BCUT2D eigenvalue weighted by Crippen LogP contribution is -2.29. The van der Waals surface area contributed by atoms with Crippen LogP contribution in [0.15, 0.2) is 0 Å². The van der Waals surface area contributed by atoms with Gasteiger partial charge >= 0.3 is 0 Å². The van der Waals surface area contributed by atoms with E-state index in [2.05, 4.69) is 20.0 Å². The lowest BCUT2D eigenvalue weighted by atomic mass is 10.3. The number of hydrogen-bond acceptors (Lipinski definition) is 2. The fourth-order valence-electron chi connectivity index (χ4n) is 0.697. The maximum atomic E-state index is 5.76. The van der Waals surface area contributed by atoms with Gasteiger partial charge in [-0.1, -0.05) is 6.92 Å². The highest BCUT2D eigenvalue weighted by atomic mass is 28.4. The molecule has 0 aromatic carbocycles. The standard InChI is InChI=1S/C8H21NOSi/c1-4-11(2,3)10-8-6-5-7-9/h4-9H2,1-3H3. The first-order valence-corrected chi connectivity index (χ1v) is 7.58. The largest absolute Gasteiger partial charge is 0.417 e. The van der Waals surface area contributed by atoms with Crippen molar-refractivity contribution in [3.8, 4) is 0 Å². The van der Waals surface area contributed by atoms with E-state index in [1.807, 2.05) is 0 Å². The molecule has 0 rings (SSSR count). The van der Waals surface area contributed by atoms with Gasteiger partial charge in [0, 0.05) is 6.61 Å². The maximum absolute atomic E-state index is 5.76. The van der Waals surface area contributed by atoms with Gasteiger partial charge < -0.3 is 10.2 Å². The highest BCUT2D eigenvalue weighted by Crippen LogP contribution is 2.10. The fourth-order valence-corrected chi connectivity index (χ4v) is 1.60. The van der Waals surface area contributed by atoms with E-state index in [0.29, 0.717) is 0 Å². The molecule has 0 bridgehead atoms. The Morgan fingerprint density at radius 2 is 1.91 bits per heavy atom. The van der Waals surface area contributed by atoms with E-state index >= 15 is 0 Å². The van der Waals surface area contributed by atoms with Crippen molar-refractivity contribution in [1.82, 2.24) is 0 Å². The lowest BCUT2D eigenvalue weighted by molar-refractivity contribution is 0.298. The summed E-state index contributed by atoms with van der Waals surface area (Å²) in [5, 5.41) is 0. The molecule has 0 heterocycles. The van der Waals surface area contributed by atoms with Crippen molar-refractivity contribution in [3.63, 3.8) is 0 Å². The van der Waals surface area contributed by atoms with Gasteiger partial charge in [0.15, 0.2) is 8.32 Å². The Bertz CT molecular complexity index is 96.1. The molecule has 0 saturated carbocycles. The third-order valence-corrected chi connectivity index (χ3v) is 4.63. The second-order valence-electron chi connectivity index (χ2n) is 3.46. The van der Waals surface area contributed by atoms with Gasteiger partial charge in [-0.25, -0.2) is 0 Å². The molecule has 0 spiro atoms. The first-order valence-electron chi connectivity index (χ1n) is 4.46. The van der Waals surface area contributed by atoms with Crippen LogP contribution in [0.5, 0.6) is 0 Å². The molecule has 0 atom stereocenters. The molecule has 0 aromatic heterocycles. The van der Waals surface area contributed by atoms with Crippen LogP contribution < -0.4 is 5.73 Å². The Labute approximate surface area is 71.3 Å². The normalized spacial score (nSPS) is 12.0. The molecule has 0 aliphatic carbocycles. The SMILES string of the molecule is CC[Si](C)(C)OCCCCN. The molecular formula is C8H21NOSi. The van der Waals surface area contributed by atoms with Gasteiger partial charge in [0.05, 0.1) is 0 Å². The lowest BCUT2D eigenvalue weighted by Gasteiger charge is -2.20. The van der Waals surface area contributed by atoms with Crippen LogP contribution in [0.3, 0.4) is 0 Å². The minimum Gasteiger partial charge on any atom is -0.417 e. The summed E-state index contributed by atoms with van der Waals surface area (Å²) in [4.78, 5) is 0. The van der Waals surface area contributed by atoms with Crippen molar-refractivity contribution in [2.75, 3.05) is 13.2 Å². The molecular weight excluding hydrogens is 154 g/mol. The van der Waals surface area contributed by atoms with Crippen LogP contribution in [0.4, 0.5) is 0 Å². The Morgan fingerprint density at radius 3 is 2.36 bits per heavy atom. The topological polar surface area (TPSA) is 35.2 Å². The van der Waals surface area contributed by atoms with Gasteiger partial charge in [-0.15, -0.1) is 0 Å². The summed E-state index contributed by atoms with van der Waals surface area (Å²) < 4.78 is 5.76. The summed E-state index contributed by atoms with van der Waals surface area (Å²) in [5.41, 5.74) is 5.37. The van der Waals surface area contributed by atoms with Crippen molar-refractivity contribution in [2.24, 2.45) is 5.73 Å². The Kier molecular flexibility index (Phi) is 5.82. The summed E-state index contributed by atoms with van der Waals surface area (Å²) in [6, 6.07) is 1.20. The highest BCUT2D eigenvalue weighted by Gasteiger charge is 2.18. The quantitative estimate of drug-likeness (QED) is 0.495. The van der Waals surface area contributed by atoms with E-state index in [1.54, 1.807) is 0 Å². The highest BCUT2D eigenvalue weighted by molar-refractivity contribution is 6.71. The Balaban J connectivity index is 3.23. The molecule has 0 aromatic rings. The van der Waals surface area contributed by atoms with Crippen LogP contribution in [0, 0.1) is 0 Å². The van der Waals surface area contributed by atoms with Crippen molar-refractivity contribution in [2.45, 2.75) is 38.9 Å². The molecule has 0 amide bonds. The predicted octanol–water partition coefficient (Wildman–Crippen LogP) is 1.97. The van der Waals surface area contributed by atoms with Crippen molar-refractivity contribution in [3.05, 3.63) is 0 Å². The van der Waals surface area contributed by atoms with Gasteiger partial charge in [0.25, 0.3) is 0 Å². The van der Waals surface area contributed by atoms with Crippen LogP contribution in [0.2, 0.25) is 19.1 Å². The van der Waals surface area contributed by atoms with Gasteiger partial charge in [-0.05, 0) is 38.5 Å². The third-order valence-electron chi connectivity index (χ3n) is 1.94. The van der Waals surface area contributed by atoms with Gasteiger partial charge in [-0.2, -0.15) is 0 Å². The van der Waals surface area contributed by atoms with E-state index < -0.39 is 8.32 Å². The van der Waals surface area contributed by atoms with E-state index in [1.165, 1.54) is 6.04 Å². The molecule has 0 saturated heterocycles. The molecule has 0 aliphatic heterocycles. The Hall–Kier alpha value is 0.137. The van der Waals surface area contributed by atoms with E-state index in [-0.39, 0.29) is 0 Å². The first kappa shape index (κ1) is 11.1. The third kappa shape index (κ3) is 6.53. The van der Waals surface area contributed by atoms with Crippen molar-refractivity contribution >= 4 is 8.32 Å². The summed E-state index contributed by atoms with van der Waals surface area (Å²) in [6.45, 7) is 8.42. The Morgan fingerprint density at radius 1 is 1.27 bits per heavy atom. The summed E-state index contributed by atoms with van der Waals surface area (Å²) in [6.07, 6.45) is 2.21. The first-order chi connectivity index (χ1) is 5.12. The zero-order valence-electron chi connectivity index (χ0n) is 8.02. The van der Waals surface area contributed by atoms with Crippen LogP contribution in [-0.2, 0) is 4.43 Å². The molecule has 0 fully saturated rings. The summed E-state index contributed by atoms with van der Waals surface area (Å²) in [5.74, 6) is 0. The monoisotopic (exact) mass is 175 g/mol. The average Bonchev–Trinajstić information content (AvgIpc) is 1.99. The minimum absolute atomic E-state index is 0.789. The fraction of sp³-hybridized carbons (Fsp3) is 1.00. The van der Waals surface area contributed by atoms with Crippen molar-refractivity contribution in [1.29, 1.82) is 0 Å². The smallest absolute Gasteiger partial charge is 0.186 e. The number of unbranched alkanes of at least 4 members (excludes halogenated alkanes) is 1. The molecule has 0 radical (unpaired) electrons. The molecule has 3 heteroatoms.